The fourth-order valence-electron chi connectivity index (χ4n) is 1.44. The first kappa shape index (κ1) is 9.05. The Morgan fingerprint density at radius 3 is 2.69 bits per heavy atom. The van der Waals surface area contributed by atoms with E-state index in [1.54, 1.807) is 6.92 Å². The summed E-state index contributed by atoms with van der Waals surface area (Å²) < 4.78 is 0. The molecule has 0 radical (unpaired) electrons. The minimum absolute atomic E-state index is 0.337. The lowest BCUT2D eigenvalue weighted by molar-refractivity contribution is 0.198. The van der Waals surface area contributed by atoms with Gasteiger partial charge in [0.15, 0.2) is 0 Å². The summed E-state index contributed by atoms with van der Waals surface area (Å²) in [6.45, 7) is 1.71. The third-order valence-corrected chi connectivity index (χ3v) is 3.59. The number of aliphatic hydroxyl groups is 1. The molecule has 1 heterocycles. The van der Waals surface area contributed by atoms with Crippen LogP contribution in [0.3, 0.4) is 0 Å². The molecule has 1 aromatic rings. The summed E-state index contributed by atoms with van der Waals surface area (Å²) in [5, 5.41) is 18.9. The molecule has 0 saturated heterocycles. The lowest BCUT2D eigenvalue weighted by atomic mass is 9.81. The van der Waals surface area contributed by atoms with E-state index in [1.807, 2.05) is 0 Å². The van der Waals surface area contributed by atoms with E-state index in [1.165, 1.54) is 11.3 Å². The van der Waals surface area contributed by atoms with Gasteiger partial charge in [0, 0.05) is 12.0 Å². The zero-order valence-corrected chi connectivity index (χ0v) is 8.29. The fourth-order valence-corrected chi connectivity index (χ4v) is 2.35. The number of nitrogens with two attached hydrogens (primary N) is 1. The molecule has 1 unspecified atom stereocenters. The van der Waals surface area contributed by atoms with Crippen LogP contribution in [-0.4, -0.2) is 21.3 Å². The molecule has 5 heteroatoms. The Hall–Kier alpha value is -0.520. The van der Waals surface area contributed by atoms with Gasteiger partial charge in [0.05, 0.1) is 0 Å². The van der Waals surface area contributed by atoms with Gasteiger partial charge in [-0.15, -0.1) is 10.2 Å². The molecule has 1 aliphatic carbocycles. The van der Waals surface area contributed by atoms with E-state index in [0.717, 1.165) is 17.8 Å². The topological polar surface area (TPSA) is 72.0 Å². The summed E-state index contributed by atoms with van der Waals surface area (Å²) in [5.41, 5.74) is 5.68. The highest BCUT2D eigenvalue weighted by molar-refractivity contribution is 7.11. The molecule has 1 saturated carbocycles. The van der Waals surface area contributed by atoms with Crippen molar-refractivity contribution < 1.29 is 5.11 Å². The van der Waals surface area contributed by atoms with Gasteiger partial charge in [0.25, 0.3) is 0 Å². The molecule has 13 heavy (non-hydrogen) atoms. The van der Waals surface area contributed by atoms with Gasteiger partial charge in [-0.1, -0.05) is 11.3 Å². The molecular weight excluding hydrogens is 186 g/mol. The van der Waals surface area contributed by atoms with Crippen LogP contribution in [-0.2, 0) is 0 Å². The Morgan fingerprint density at radius 2 is 2.23 bits per heavy atom. The van der Waals surface area contributed by atoms with E-state index < -0.39 is 6.10 Å². The van der Waals surface area contributed by atoms with Crippen LogP contribution >= 0.6 is 11.3 Å². The third kappa shape index (κ3) is 1.72. The van der Waals surface area contributed by atoms with Crippen molar-refractivity contribution in [1.82, 2.24) is 10.2 Å². The number of aliphatic hydroxyl groups excluding tert-OH is 1. The Bertz CT molecular complexity index is 293. The number of nitrogens with zero attached hydrogens (tertiary/aromatic N) is 2. The van der Waals surface area contributed by atoms with Crippen LogP contribution in [0.1, 0.15) is 41.8 Å². The van der Waals surface area contributed by atoms with Crippen molar-refractivity contribution in [3.05, 3.63) is 10.0 Å². The summed E-state index contributed by atoms with van der Waals surface area (Å²) in [4.78, 5) is 0. The molecule has 1 aliphatic rings. The molecule has 1 fully saturated rings. The van der Waals surface area contributed by atoms with Crippen LogP contribution in [0.15, 0.2) is 0 Å². The predicted molar refractivity (Wildman–Crippen MR) is 50.5 cm³/mol. The van der Waals surface area contributed by atoms with Crippen molar-refractivity contribution in [2.75, 3.05) is 0 Å². The smallest absolute Gasteiger partial charge is 0.145 e. The summed E-state index contributed by atoms with van der Waals surface area (Å²) in [5.74, 6) is 0.486. The molecule has 0 bridgehead atoms. The van der Waals surface area contributed by atoms with Crippen molar-refractivity contribution in [3.63, 3.8) is 0 Å². The first-order valence-electron chi connectivity index (χ1n) is 4.43. The maximum atomic E-state index is 9.24. The maximum Gasteiger partial charge on any atom is 0.145 e. The molecule has 72 valence electrons. The van der Waals surface area contributed by atoms with Gasteiger partial charge >= 0.3 is 0 Å². The van der Waals surface area contributed by atoms with Crippen LogP contribution in [0.25, 0.3) is 0 Å². The number of rotatable bonds is 2. The summed E-state index contributed by atoms with van der Waals surface area (Å²) in [6, 6.07) is 0.337. The van der Waals surface area contributed by atoms with Gasteiger partial charge in [-0.25, -0.2) is 0 Å². The van der Waals surface area contributed by atoms with Gasteiger partial charge in [0.2, 0.25) is 0 Å². The van der Waals surface area contributed by atoms with Crippen molar-refractivity contribution in [3.8, 4) is 0 Å². The second kappa shape index (κ2) is 3.32. The zero-order valence-electron chi connectivity index (χ0n) is 7.47. The van der Waals surface area contributed by atoms with Crippen molar-refractivity contribution in [2.24, 2.45) is 5.73 Å². The SMILES string of the molecule is CC(O)c1nnc(C2CC(N)C2)s1. The third-order valence-electron chi connectivity index (χ3n) is 2.34. The van der Waals surface area contributed by atoms with E-state index in [4.69, 9.17) is 5.73 Å². The molecule has 3 N–H and O–H groups in total. The number of hydrogen-bond acceptors (Lipinski definition) is 5. The van der Waals surface area contributed by atoms with Crippen LogP contribution in [0.2, 0.25) is 0 Å². The van der Waals surface area contributed by atoms with Gasteiger partial charge in [-0.2, -0.15) is 0 Å². The molecule has 4 nitrogen and oxygen atoms in total. The van der Waals surface area contributed by atoms with Crippen molar-refractivity contribution >= 4 is 11.3 Å². The molecule has 1 aromatic heterocycles. The highest BCUT2D eigenvalue weighted by atomic mass is 32.1. The molecule has 0 spiro atoms. The minimum atomic E-state index is -0.500. The number of aromatic nitrogens is 2. The van der Waals surface area contributed by atoms with Crippen LogP contribution in [0.4, 0.5) is 0 Å². The number of hydrogen-bond donors (Lipinski definition) is 2. The Kier molecular flexibility index (Phi) is 2.31. The second-order valence-electron chi connectivity index (χ2n) is 3.58. The maximum absolute atomic E-state index is 9.24. The zero-order chi connectivity index (χ0) is 9.42. The van der Waals surface area contributed by atoms with Crippen molar-refractivity contribution in [2.45, 2.75) is 37.8 Å². The van der Waals surface area contributed by atoms with Crippen LogP contribution in [0.5, 0.6) is 0 Å². The second-order valence-corrected chi connectivity index (χ2v) is 4.62. The quantitative estimate of drug-likeness (QED) is 0.739. The van der Waals surface area contributed by atoms with E-state index in [0.29, 0.717) is 17.0 Å². The lowest BCUT2D eigenvalue weighted by Gasteiger charge is -2.30. The standard InChI is InChI=1S/C8H13N3OS/c1-4(12)7-10-11-8(13-7)5-2-6(9)3-5/h4-6,12H,2-3,9H2,1H3. The van der Waals surface area contributed by atoms with E-state index >= 15 is 0 Å². The summed E-state index contributed by atoms with van der Waals surface area (Å²) >= 11 is 1.50. The molecule has 2 rings (SSSR count). The largest absolute Gasteiger partial charge is 0.386 e. The molecule has 1 atom stereocenters. The Labute approximate surface area is 80.8 Å². The predicted octanol–water partition coefficient (Wildman–Crippen LogP) is 0.796. The highest BCUT2D eigenvalue weighted by Gasteiger charge is 2.30. The van der Waals surface area contributed by atoms with Gasteiger partial charge < -0.3 is 10.8 Å². The average Bonchev–Trinajstić information content (AvgIpc) is 2.46. The van der Waals surface area contributed by atoms with E-state index in [9.17, 15) is 5.11 Å². The summed E-state index contributed by atoms with van der Waals surface area (Å²) in [7, 11) is 0. The lowest BCUT2D eigenvalue weighted by Crippen LogP contribution is -2.34. The van der Waals surface area contributed by atoms with Crippen LogP contribution in [0, 0.1) is 0 Å². The van der Waals surface area contributed by atoms with Crippen molar-refractivity contribution in [1.29, 1.82) is 0 Å². The highest BCUT2D eigenvalue weighted by Crippen LogP contribution is 2.37. The fraction of sp³-hybridized carbons (Fsp3) is 0.750. The van der Waals surface area contributed by atoms with Gasteiger partial charge in [0.1, 0.15) is 16.1 Å². The normalized spacial score (nSPS) is 29.8. The van der Waals surface area contributed by atoms with E-state index in [2.05, 4.69) is 10.2 Å². The monoisotopic (exact) mass is 199 g/mol. The van der Waals surface area contributed by atoms with E-state index in [-0.39, 0.29) is 0 Å². The molecule has 0 amide bonds. The first-order chi connectivity index (χ1) is 6.16. The Morgan fingerprint density at radius 1 is 1.54 bits per heavy atom. The first-order valence-corrected chi connectivity index (χ1v) is 5.25. The van der Waals surface area contributed by atoms with Gasteiger partial charge in [-0.3, -0.25) is 0 Å². The molecule has 0 aliphatic heterocycles. The minimum Gasteiger partial charge on any atom is -0.386 e. The Balaban J connectivity index is 2.06. The molecule has 0 aromatic carbocycles. The summed E-state index contributed by atoms with van der Waals surface area (Å²) in [6.07, 6.45) is 1.52. The molecular formula is C8H13N3OS. The van der Waals surface area contributed by atoms with Gasteiger partial charge in [-0.05, 0) is 19.8 Å². The van der Waals surface area contributed by atoms with Crippen LogP contribution < -0.4 is 5.73 Å². The average molecular weight is 199 g/mol.